The highest BCUT2D eigenvalue weighted by Crippen LogP contribution is 2.23. The molecule has 0 aliphatic carbocycles. The van der Waals surface area contributed by atoms with Crippen LogP contribution in [0.2, 0.25) is 0 Å². The molecule has 9 nitrogen and oxygen atoms in total. The van der Waals surface area contributed by atoms with E-state index >= 15 is 0 Å². The monoisotopic (exact) mass is 931 g/mol. The van der Waals surface area contributed by atoms with Crippen LogP contribution in [0.1, 0.15) is 232 Å². The van der Waals surface area contributed by atoms with E-state index in [4.69, 9.17) is 18.9 Å². The summed E-state index contributed by atoms with van der Waals surface area (Å²) in [5.74, 6) is -0.325. The molecule has 0 saturated carbocycles. The van der Waals surface area contributed by atoms with Crippen LogP contribution < -0.4 is 0 Å². The van der Waals surface area contributed by atoms with E-state index in [1.165, 1.54) is 148 Å². The van der Waals surface area contributed by atoms with Crippen molar-refractivity contribution in [3.05, 3.63) is 60.8 Å². The molecule has 66 heavy (non-hydrogen) atoms. The molecule has 1 aliphatic rings. The van der Waals surface area contributed by atoms with Gasteiger partial charge in [-0.3, -0.25) is 4.79 Å². The zero-order valence-corrected chi connectivity index (χ0v) is 42.4. The Balaban J connectivity index is 2.19. The Morgan fingerprint density at radius 1 is 0.485 bits per heavy atom. The number of carbonyl (C=O) groups excluding carboxylic acids is 1. The summed E-state index contributed by atoms with van der Waals surface area (Å²) in [5.41, 5.74) is 0. The molecule has 1 aliphatic heterocycles. The number of hydrogen-bond acceptors (Lipinski definition) is 9. The van der Waals surface area contributed by atoms with Crippen molar-refractivity contribution in [2.45, 2.75) is 269 Å². The highest BCUT2D eigenvalue weighted by molar-refractivity contribution is 5.69. The zero-order valence-electron chi connectivity index (χ0n) is 42.4. The van der Waals surface area contributed by atoms with Gasteiger partial charge in [-0.05, 0) is 83.5 Å². The molecule has 9 heteroatoms. The Labute approximate surface area is 405 Å². The Morgan fingerprint density at radius 2 is 0.879 bits per heavy atom. The molecule has 0 aromatic carbocycles. The van der Waals surface area contributed by atoms with Crippen LogP contribution in [0.4, 0.5) is 0 Å². The van der Waals surface area contributed by atoms with Gasteiger partial charge in [0.05, 0.1) is 19.8 Å². The van der Waals surface area contributed by atoms with E-state index in [2.05, 4.69) is 74.6 Å². The minimum absolute atomic E-state index is 0.121. The van der Waals surface area contributed by atoms with E-state index in [1.807, 2.05) is 0 Å². The SMILES string of the molecule is CCCCC/C=C\C/C=C\C/C=C\CCCCCCCCC(=O)OC(COCCCCCCCCCCCCCC/C=C\C/C=C\CCCCCCC)COC1OC(CO)C(O)C(O)C1O. The largest absolute Gasteiger partial charge is 0.457 e. The molecule has 0 radical (unpaired) electrons. The number of hydrogen-bond donors (Lipinski definition) is 4. The third kappa shape index (κ3) is 37.8. The molecule has 0 bridgehead atoms. The number of ether oxygens (including phenoxy) is 4. The lowest BCUT2D eigenvalue weighted by Gasteiger charge is -2.39. The first kappa shape index (κ1) is 61.9. The van der Waals surface area contributed by atoms with Gasteiger partial charge in [-0.15, -0.1) is 0 Å². The van der Waals surface area contributed by atoms with Gasteiger partial charge in [-0.1, -0.05) is 203 Å². The Bertz CT molecular complexity index is 1200. The summed E-state index contributed by atoms with van der Waals surface area (Å²) in [6, 6.07) is 0. The van der Waals surface area contributed by atoms with Gasteiger partial charge in [-0.2, -0.15) is 0 Å². The molecule has 0 aromatic heterocycles. The Kier molecular flexibility index (Phi) is 45.0. The van der Waals surface area contributed by atoms with Crippen LogP contribution in [0.15, 0.2) is 60.8 Å². The molecule has 384 valence electrons. The zero-order chi connectivity index (χ0) is 47.8. The lowest BCUT2D eigenvalue weighted by atomic mass is 9.99. The van der Waals surface area contributed by atoms with Gasteiger partial charge < -0.3 is 39.4 Å². The summed E-state index contributed by atoms with van der Waals surface area (Å²) in [5, 5.41) is 40.3. The minimum Gasteiger partial charge on any atom is -0.457 e. The van der Waals surface area contributed by atoms with Crippen LogP contribution in [0, 0.1) is 0 Å². The van der Waals surface area contributed by atoms with Crippen LogP contribution in [0.5, 0.6) is 0 Å². The lowest BCUT2D eigenvalue weighted by molar-refractivity contribution is -0.305. The number of carbonyl (C=O) groups is 1. The van der Waals surface area contributed by atoms with Crippen LogP contribution in [-0.4, -0.2) is 89.6 Å². The van der Waals surface area contributed by atoms with Crippen molar-refractivity contribution in [1.29, 1.82) is 0 Å². The van der Waals surface area contributed by atoms with Gasteiger partial charge in [0, 0.05) is 13.0 Å². The molecular formula is C57H102O9. The van der Waals surface area contributed by atoms with Crippen LogP contribution in [-0.2, 0) is 23.7 Å². The molecule has 6 atom stereocenters. The minimum atomic E-state index is -1.54. The molecule has 1 rings (SSSR count). The summed E-state index contributed by atoms with van der Waals surface area (Å²) in [6.07, 6.45) is 55.4. The maximum Gasteiger partial charge on any atom is 0.306 e. The van der Waals surface area contributed by atoms with Gasteiger partial charge in [0.2, 0.25) is 0 Å². The van der Waals surface area contributed by atoms with Crippen molar-refractivity contribution in [3.63, 3.8) is 0 Å². The number of unbranched alkanes of at least 4 members (excludes halogenated alkanes) is 26. The smallest absolute Gasteiger partial charge is 0.306 e. The van der Waals surface area contributed by atoms with Crippen LogP contribution in [0.3, 0.4) is 0 Å². The number of allylic oxidation sites excluding steroid dienone is 10. The second-order valence-corrected chi connectivity index (χ2v) is 18.7. The molecule has 0 aromatic rings. The van der Waals surface area contributed by atoms with Gasteiger partial charge in [-0.25, -0.2) is 0 Å². The van der Waals surface area contributed by atoms with E-state index in [9.17, 15) is 25.2 Å². The number of esters is 1. The summed E-state index contributed by atoms with van der Waals surface area (Å²) >= 11 is 0. The van der Waals surface area contributed by atoms with E-state index in [-0.39, 0.29) is 19.2 Å². The van der Waals surface area contributed by atoms with Crippen molar-refractivity contribution in [2.24, 2.45) is 0 Å². The normalized spacial score (nSPS) is 19.8. The summed E-state index contributed by atoms with van der Waals surface area (Å²) in [6.45, 7) is 4.52. The van der Waals surface area contributed by atoms with E-state index in [0.29, 0.717) is 13.0 Å². The average Bonchev–Trinajstić information content (AvgIpc) is 3.32. The van der Waals surface area contributed by atoms with E-state index in [1.54, 1.807) is 0 Å². The average molecular weight is 931 g/mol. The predicted octanol–water partition coefficient (Wildman–Crippen LogP) is 13.8. The fourth-order valence-electron chi connectivity index (χ4n) is 8.12. The lowest BCUT2D eigenvalue weighted by Crippen LogP contribution is -2.59. The first-order valence-corrected chi connectivity index (χ1v) is 27.4. The number of aliphatic hydroxyl groups is 4. The molecule has 6 unspecified atom stereocenters. The second kappa shape index (κ2) is 47.9. The highest BCUT2D eigenvalue weighted by atomic mass is 16.7. The van der Waals surface area contributed by atoms with E-state index in [0.717, 1.165) is 64.2 Å². The maximum absolute atomic E-state index is 12.9. The molecule has 0 spiro atoms. The van der Waals surface area contributed by atoms with Crippen LogP contribution in [0.25, 0.3) is 0 Å². The molecule has 0 amide bonds. The van der Waals surface area contributed by atoms with Gasteiger partial charge in [0.25, 0.3) is 0 Å². The number of aliphatic hydroxyl groups excluding tert-OH is 4. The summed E-state index contributed by atoms with van der Waals surface area (Å²) in [7, 11) is 0. The van der Waals surface area contributed by atoms with Gasteiger partial charge >= 0.3 is 5.97 Å². The molecule has 1 saturated heterocycles. The third-order valence-corrected chi connectivity index (χ3v) is 12.4. The van der Waals surface area contributed by atoms with Crippen molar-refractivity contribution < 1.29 is 44.2 Å². The fourth-order valence-corrected chi connectivity index (χ4v) is 8.12. The molecule has 1 heterocycles. The standard InChI is InChI=1S/C57H102O9/c1-3-5-7-9-11-13-15-17-19-21-23-24-25-26-27-29-31-33-35-37-39-41-43-45-47-63-49-51(50-64-57-56(62)55(61)54(60)52(48-58)66-57)65-53(59)46-44-42-40-38-36-34-32-30-28-22-20-18-16-14-12-10-8-6-4-2/h12,14-15,17-18,20-21,23,28,30,51-52,54-58,60-62H,3-11,13,16,19,22,24-27,29,31-50H2,1-2H3/b14-12-,17-15-,20-18-,23-21-,30-28-. The first-order valence-electron chi connectivity index (χ1n) is 27.4. The first-order chi connectivity index (χ1) is 32.4. The Morgan fingerprint density at radius 3 is 1.35 bits per heavy atom. The summed E-state index contributed by atoms with van der Waals surface area (Å²) in [4.78, 5) is 12.9. The fraction of sp³-hybridized carbons (Fsp3) is 0.807. The third-order valence-electron chi connectivity index (χ3n) is 12.4. The second-order valence-electron chi connectivity index (χ2n) is 18.7. The highest BCUT2D eigenvalue weighted by Gasteiger charge is 2.44. The maximum atomic E-state index is 12.9. The molecular weight excluding hydrogens is 829 g/mol. The number of rotatable bonds is 47. The van der Waals surface area contributed by atoms with E-state index < -0.39 is 43.4 Å². The topological polar surface area (TPSA) is 135 Å². The molecule has 4 N–H and O–H groups in total. The van der Waals surface area contributed by atoms with Gasteiger partial charge in [0.15, 0.2) is 6.29 Å². The quantitative estimate of drug-likeness (QED) is 0.0267. The molecule has 1 fully saturated rings. The van der Waals surface area contributed by atoms with Crippen molar-refractivity contribution in [3.8, 4) is 0 Å². The van der Waals surface area contributed by atoms with Crippen molar-refractivity contribution in [2.75, 3.05) is 26.4 Å². The van der Waals surface area contributed by atoms with Crippen molar-refractivity contribution >= 4 is 5.97 Å². The van der Waals surface area contributed by atoms with Crippen LogP contribution >= 0.6 is 0 Å². The summed E-state index contributed by atoms with van der Waals surface area (Å²) < 4.78 is 22.9. The Hall–Kier alpha value is -2.11. The van der Waals surface area contributed by atoms with Gasteiger partial charge in [0.1, 0.15) is 30.5 Å². The van der Waals surface area contributed by atoms with Crippen molar-refractivity contribution in [1.82, 2.24) is 0 Å². The predicted molar refractivity (Wildman–Crippen MR) is 274 cm³/mol.